The molecule has 0 amide bonds. The minimum absolute atomic E-state index is 0.113. The summed E-state index contributed by atoms with van der Waals surface area (Å²) < 4.78 is 5.53. The Balaban J connectivity index is -0.000000371. The maximum Gasteiger partial charge on any atom is 0.115 e. The summed E-state index contributed by atoms with van der Waals surface area (Å²) in [7, 11) is 0. The van der Waals surface area contributed by atoms with Gasteiger partial charge in [0.1, 0.15) is 12.4 Å². The topological polar surface area (TPSA) is 48.1 Å². The molecule has 0 saturated heterocycles. The van der Waals surface area contributed by atoms with Crippen molar-refractivity contribution in [2.75, 3.05) is 6.61 Å². The fourth-order valence-electron chi connectivity index (χ4n) is 1.42. The number of nitrogens with two attached hydrogens (primary N) is 1. The van der Waals surface area contributed by atoms with Crippen molar-refractivity contribution >= 4 is 0 Å². The summed E-state index contributed by atoms with van der Waals surface area (Å²) in [6.45, 7) is 20.4. The fourth-order valence-corrected chi connectivity index (χ4v) is 1.42. The number of pyridine rings is 1. The van der Waals surface area contributed by atoms with E-state index in [0.717, 1.165) is 24.2 Å². The number of nitrogens with zero attached hydrogens (tertiary/aromatic N) is 1. The van der Waals surface area contributed by atoms with Crippen LogP contribution in [0.3, 0.4) is 0 Å². The summed E-state index contributed by atoms with van der Waals surface area (Å²) in [4.78, 5) is 3.96. The summed E-state index contributed by atoms with van der Waals surface area (Å²) in [5.41, 5.74) is 8.13. The van der Waals surface area contributed by atoms with E-state index in [4.69, 9.17) is 10.5 Å². The number of hydrogen-bond acceptors (Lipinski definition) is 3. The van der Waals surface area contributed by atoms with Crippen LogP contribution in [0.1, 0.15) is 67.4 Å². The number of allylic oxidation sites excluding steroid dienone is 4. The molecule has 0 radical (unpaired) electrons. The molecule has 0 bridgehead atoms. The minimum Gasteiger partial charge on any atom is -0.492 e. The van der Waals surface area contributed by atoms with E-state index in [1.54, 1.807) is 12.3 Å². The average Bonchev–Trinajstić information content (AvgIpc) is 2.74. The smallest absolute Gasteiger partial charge is 0.115 e. The Morgan fingerprint density at radius 3 is 2.23 bits per heavy atom. The van der Waals surface area contributed by atoms with E-state index < -0.39 is 0 Å². The van der Waals surface area contributed by atoms with Gasteiger partial charge in [-0.05, 0) is 56.0 Å². The van der Waals surface area contributed by atoms with Crippen LogP contribution in [0.15, 0.2) is 60.7 Å². The van der Waals surface area contributed by atoms with Crippen LogP contribution in [0.4, 0.5) is 0 Å². The monoisotopic (exact) mass is 362 g/mol. The largest absolute Gasteiger partial charge is 0.492 e. The van der Waals surface area contributed by atoms with Gasteiger partial charge in [-0.15, -0.1) is 0 Å². The van der Waals surface area contributed by atoms with Crippen LogP contribution in [0.25, 0.3) is 0 Å². The number of hydrogen-bond donors (Lipinski definition) is 1. The summed E-state index contributed by atoms with van der Waals surface area (Å²) in [6, 6.07) is 4.15. The molecule has 0 fully saturated rings. The third-order valence-electron chi connectivity index (χ3n) is 3.10. The molecule has 1 atom stereocenters. The van der Waals surface area contributed by atoms with Crippen LogP contribution in [0.2, 0.25) is 0 Å². The molecule has 150 valence electrons. The van der Waals surface area contributed by atoms with Crippen molar-refractivity contribution < 1.29 is 4.74 Å². The van der Waals surface area contributed by atoms with E-state index >= 15 is 0 Å². The molecule has 0 spiro atoms. The summed E-state index contributed by atoms with van der Waals surface area (Å²) in [5, 5.41) is 0. The highest BCUT2D eigenvalue weighted by molar-refractivity contribution is 5.23. The maximum atomic E-state index is 5.75. The Kier molecular flexibility index (Phi) is 25.7. The van der Waals surface area contributed by atoms with Crippen LogP contribution in [0, 0.1) is 0 Å². The van der Waals surface area contributed by atoms with E-state index in [-0.39, 0.29) is 6.04 Å². The van der Waals surface area contributed by atoms with Gasteiger partial charge in [0.15, 0.2) is 0 Å². The molecule has 3 nitrogen and oxygen atoms in total. The third kappa shape index (κ3) is 18.5. The van der Waals surface area contributed by atoms with Crippen molar-refractivity contribution in [3.8, 4) is 0 Å². The molecule has 1 unspecified atom stereocenters. The Morgan fingerprint density at radius 1 is 1.27 bits per heavy atom. The lowest BCUT2D eigenvalue weighted by Gasteiger charge is -2.11. The molecule has 3 heteroatoms. The van der Waals surface area contributed by atoms with Gasteiger partial charge >= 0.3 is 0 Å². The fraction of sp³-hybridized carbons (Fsp3) is 0.522. The Labute approximate surface area is 163 Å². The van der Waals surface area contributed by atoms with Gasteiger partial charge < -0.3 is 10.5 Å². The number of ether oxygens (including phenoxy) is 1. The van der Waals surface area contributed by atoms with Crippen molar-refractivity contribution in [1.29, 1.82) is 0 Å². The molecule has 0 saturated carbocycles. The molecule has 1 heterocycles. The van der Waals surface area contributed by atoms with Crippen LogP contribution in [-0.2, 0) is 11.2 Å². The summed E-state index contributed by atoms with van der Waals surface area (Å²) in [6.07, 6.45) is 11.4. The second kappa shape index (κ2) is 23.1. The minimum atomic E-state index is 0.113. The van der Waals surface area contributed by atoms with Gasteiger partial charge in [0, 0.05) is 18.4 Å². The highest BCUT2D eigenvalue weighted by Gasteiger charge is 2.00. The first-order valence-corrected chi connectivity index (χ1v) is 9.81. The Morgan fingerprint density at radius 2 is 1.88 bits per heavy atom. The van der Waals surface area contributed by atoms with Crippen molar-refractivity contribution in [3.05, 3.63) is 66.2 Å². The first-order valence-electron chi connectivity index (χ1n) is 9.81. The Bertz CT molecular complexity index is 464. The predicted molar refractivity (Wildman–Crippen MR) is 118 cm³/mol. The molecule has 2 N–H and O–H groups in total. The van der Waals surface area contributed by atoms with E-state index in [0.29, 0.717) is 6.61 Å². The van der Waals surface area contributed by atoms with Gasteiger partial charge in [0.25, 0.3) is 0 Å². The molecule has 1 aromatic rings. The number of rotatable bonds is 7. The highest BCUT2D eigenvalue weighted by atomic mass is 16.5. The molecule has 1 aromatic heterocycles. The van der Waals surface area contributed by atoms with E-state index in [2.05, 4.69) is 24.6 Å². The zero-order valence-corrected chi connectivity index (χ0v) is 18.4. The average molecular weight is 363 g/mol. The van der Waals surface area contributed by atoms with Crippen LogP contribution in [0.5, 0.6) is 0 Å². The standard InChI is InChI=1S/C12H21NO.C7H9N.2C2H6/c1-5-10(4)8-12(7-3)14-9-11(13)6-2;1-2-7-4-3-5-8-6-7;2*1-2/h5,7-8,11H,1,6,9,13H2,2-4H3;3-6H,2H2,1H3;2*1-2H3/b10-8-,12-7+;;;. The van der Waals surface area contributed by atoms with E-state index in [1.807, 2.05) is 72.9 Å². The first-order chi connectivity index (χ1) is 12.6. The van der Waals surface area contributed by atoms with Gasteiger partial charge in [-0.25, -0.2) is 0 Å². The molecule has 0 aliphatic carbocycles. The lowest BCUT2D eigenvalue weighted by molar-refractivity contribution is 0.202. The van der Waals surface area contributed by atoms with E-state index in [1.165, 1.54) is 5.56 Å². The van der Waals surface area contributed by atoms with Gasteiger partial charge in [-0.2, -0.15) is 0 Å². The molecule has 0 aliphatic heterocycles. The highest BCUT2D eigenvalue weighted by Crippen LogP contribution is 2.06. The Hall–Kier alpha value is -1.87. The molecule has 0 aliphatic rings. The quantitative estimate of drug-likeness (QED) is 0.446. The third-order valence-corrected chi connectivity index (χ3v) is 3.10. The van der Waals surface area contributed by atoms with Crippen LogP contribution >= 0.6 is 0 Å². The molecule has 26 heavy (non-hydrogen) atoms. The molecule has 1 rings (SSSR count). The second-order valence-electron chi connectivity index (χ2n) is 4.98. The normalized spacial score (nSPS) is 11.4. The number of aromatic nitrogens is 1. The maximum absolute atomic E-state index is 5.75. The van der Waals surface area contributed by atoms with Crippen LogP contribution in [-0.4, -0.2) is 17.6 Å². The number of aryl methyl sites for hydroxylation is 1. The van der Waals surface area contributed by atoms with Crippen molar-refractivity contribution in [2.45, 2.75) is 74.3 Å². The van der Waals surface area contributed by atoms with Gasteiger partial charge in [-0.1, -0.05) is 60.3 Å². The lowest BCUT2D eigenvalue weighted by Crippen LogP contribution is -2.24. The van der Waals surface area contributed by atoms with Gasteiger partial charge in [-0.3, -0.25) is 4.98 Å². The summed E-state index contributed by atoms with van der Waals surface area (Å²) >= 11 is 0. The van der Waals surface area contributed by atoms with Crippen LogP contribution < -0.4 is 5.73 Å². The van der Waals surface area contributed by atoms with Crippen molar-refractivity contribution in [1.82, 2.24) is 4.98 Å². The lowest BCUT2D eigenvalue weighted by atomic mass is 10.2. The molecular formula is C23H42N2O. The molecule has 0 aromatic carbocycles. The van der Waals surface area contributed by atoms with Gasteiger partial charge in [0.2, 0.25) is 0 Å². The second-order valence-corrected chi connectivity index (χ2v) is 4.98. The van der Waals surface area contributed by atoms with E-state index in [9.17, 15) is 0 Å². The zero-order chi connectivity index (χ0) is 20.8. The van der Waals surface area contributed by atoms with Crippen molar-refractivity contribution in [3.63, 3.8) is 0 Å². The first kappa shape index (κ1) is 28.9. The van der Waals surface area contributed by atoms with Gasteiger partial charge in [0.05, 0.1) is 0 Å². The summed E-state index contributed by atoms with van der Waals surface area (Å²) in [5.74, 6) is 0.853. The molecular weight excluding hydrogens is 320 g/mol. The zero-order valence-electron chi connectivity index (χ0n) is 18.4. The predicted octanol–water partition coefficient (Wildman–Crippen LogP) is 6.47. The van der Waals surface area contributed by atoms with Crippen molar-refractivity contribution in [2.24, 2.45) is 5.73 Å². The SMILES string of the molecule is C=C/C(C)=C\C(=C/C)OCC(N)CC.CC.CC.CCc1cccnc1.